The molecular weight excluding hydrogens is 280 g/mol. The van der Waals surface area contributed by atoms with Crippen LogP contribution in [0.1, 0.15) is 23.2 Å². The van der Waals surface area contributed by atoms with E-state index in [4.69, 9.17) is 5.73 Å². The van der Waals surface area contributed by atoms with Gasteiger partial charge >= 0.3 is 0 Å². The highest BCUT2D eigenvalue weighted by atomic mass is 32.2. The monoisotopic (exact) mass is 296 g/mol. The Morgan fingerprint density at radius 3 is 2.40 bits per heavy atom. The van der Waals surface area contributed by atoms with E-state index in [1.54, 1.807) is 12.1 Å². The minimum absolute atomic E-state index is 0.0844. The van der Waals surface area contributed by atoms with E-state index in [0.29, 0.717) is 17.7 Å². The van der Waals surface area contributed by atoms with Gasteiger partial charge in [-0.2, -0.15) is 0 Å². The van der Waals surface area contributed by atoms with Crippen LogP contribution in [0.15, 0.2) is 24.3 Å². The van der Waals surface area contributed by atoms with Gasteiger partial charge in [0.1, 0.15) is 0 Å². The standard InChI is InChI=1S/C13H16N2O4S/c14-13(17)10-1-3-11(4-2-10)15-12(16)7-9-5-6-20(18,19)8-9/h1-4,9H,5-8H2,(H2,14,17)(H,15,16)/t9-/m1/s1. The Labute approximate surface area is 117 Å². The molecule has 2 rings (SSSR count). The third-order valence-electron chi connectivity index (χ3n) is 3.25. The van der Waals surface area contributed by atoms with Crippen molar-refractivity contribution in [2.24, 2.45) is 11.7 Å². The second kappa shape index (κ2) is 5.62. The summed E-state index contributed by atoms with van der Waals surface area (Å²) < 4.78 is 22.6. The summed E-state index contributed by atoms with van der Waals surface area (Å²) in [5, 5.41) is 2.68. The average molecular weight is 296 g/mol. The third-order valence-corrected chi connectivity index (χ3v) is 5.09. The molecular formula is C13H16N2O4S. The summed E-state index contributed by atoms with van der Waals surface area (Å²) in [6.45, 7) is 0. The van der Waals surface area contributed by atoms with Gasteiger partial charge in [-0.25, -0.2) is 8.42 Å². The number of carbonyl (C=O) groups is 2. The maximum atomic E-state index is 11.8. The van der Waals surface area contributed by atoms with Crippen molar-refractivity contribution in [3.63, 3.8) is 0 Å². The maximum absolute atomic E-state index is 11.8. The summed E-state index contributed by atoms with van der Waals surface area (Å²) in [7, 11) is -2.96. The number of amides is 2. The third kappa shape index (κ3) is 3.80. The van der Waals surface area contributed by atoms with E-state index < -0.39 is 15.7 Å². The Hall–Kier alpha value is -1.89. The predicted molar refractivity (Wildman–Crippen MR) is 75.0 cm³/mol. The number of primary amides is 1. The van der Waals surface area contributed by atoms with Crippen molar-refractivity contribution in [2.45, 2.75) is 12.8 Å². The molecule has 0 unspecified atom stereocenters. The summed E-state index contributed by atoms with van der Waals surface area (Å²) in [6, 6.07) is 6.22. The van der Waals surface area contributed by atoms with Crippen LogP contribution in [-0.4, -0.2) is 31.7 Å². The fourth-order valence-electron chi connectivity index (χ4n) is 2.23. The van der Waals surface area contributed by atoms with Crippen molar-refractivity contribution >= 4 is 27.3 Å². The Morgan fingerprint density at radius 2 is 1.90 bits per heavy atom. The molecule has 1 aromatic rings. The van der Waals surface area contributed by atoms with Crippen LogP contribution in [0.4, 0.5) is 5.69 Å². The second-order valence-corrected chi connectivity index (χ2v) is 7.19. The largest absolute Gasteiger partial charge is 0.366 e. The SMILES string of the molecule is NC(=O)c1ccc(NC(=O)C[C@H]2CCS(=O)(=O)C2)cc1. The van der Waals surface area contributed by atoms with Crippen LogP contribution >= 0.6 is 0 Å². The molecule has 3 N–H and O–H groups in total. The van der Waals surface area contributed by atoms with E-state index in [0.717, 1.165) is 0 Å². The molecule has 1 fully saturated rings. The topological polar surface area (TPSA) is 106 Å². The first-order valence-corrected chi connectivity index (χ1v) is 8.08. The van der Waals surface area contributed by atoms with Crippen molar-refractivity contribution in [3.05, 3.63) is 29.8 Å². The minimum Gasteiger partial charge on any atom is -0.366 e. The molecule has 1 aliphatic rings. The van der Waals surface area contributed by atoms with Crippen LogP contribution in [0.3, 0.4) is 0 Å². The Balaban J connectivity index is 1.90. The van der Waals surface area contributed by atoms with Crippen molar-refractivity contribution in [1.82, 2.24) is 0 Å². The van der Waals surface area contributed by atoms with Crippen LogP contribution in [0.2, 0.25) is 0 Å². The zero-order chi connectivity index (χ0) is 14.8. The molecule has 0 saturated carbocycles. The van der Waals surface area contributed by atoms with Crippen LogP contribution < -0.4 is 11.1 Å². The lowest BCUT2D eigenvalue weighted by Crippen LogP contribution is -2.17. The van der Waals surface area contributed by atoms with E-state index in [9.17, 15) is 18.0 Å². The van der Waals surface area contributed by atoms with Gasteiger partial charge in [-0.05, 0) is 36.6 Å². The zero-order valence-electron chi connectivity index (χ0n) is 10.8. The summed E-state index contributed by atoms with van der Waals surface area (Å²) >= 11 is 0. The number of hydrogen-bond donors (Lipinski definition) is 2. The summed E-state index contributed by atoms with van der Waals surface area (Å²) in [5.74, 6) is -0.609. The highest BCUT2D eigenvalue weighted by molar-refractivity contribution is 7.91. The van der Waals surface area contributed by atoms with E-state index in [-0.39, 0.29) is 29.8 Å². The highest BCUT2D eigenvalue weighted by Crippen LogP contribution is 2.22. The molecule has 1 atom stereocenters. The maximum Gasteiger partial charge on any atom is 0.248 e. The number of hydrogen-bond acceptors (Lipinski definition) is 4. The molecule has 0 radical (unpaired) electrons. The van der Waals surface area contributed by atoms with Crippen molar-refractivity contribution in [1.29, 1.82) is 0 Å². The Kier molecular flexibility index (Phi) is 4.08. The van der Waals surface area contributed by atoms with Gasteiger partial charge in [-0.3, -0.25) is 9.59 Å². The normalized spacial score (nSPS) is 20.5. The number of anilines is 1. The first-order valence-electron chi connectivity index (χ1n) is 6.26. The van der Waals surface area contributed by atoms with E-state index in [1.807, 2.05) is 0 Å². The molecule has 0 aromatic heterocycles. The fraction of sp³-hybridized carbons (Fsp3) is 0.385. The summed E-state index contributed by atoms with van der Waals surface area (Å²) in [4.78, 5) is 22.7. The van der Waals surface area contributed by atoms with Crippen molar-refractivity contribution < 1.29 is 18.0 Å². The van der Waals surface area contributed by atoms with Gasteiger partial charge in [0, 0.05) is 17.7 Å². The smallest absolute Gasteiger partial charge is 0.248 e. The van der Waals surface area contributed by atoms with Gasteiger partial charge in [-0.15, -0.1) is 0 Å². The van der Waals surface area contributed by atoms with E-state index >= 15 is 0 Å². The van der Waals surface area contributed by atoms with Crippen LogP contribution in [0.5, 0.6) is 0 Å². The van der Waals surface area contributed by atoms with Gasteiger partial charge in [-0.1, -0.05) is 0 Å². The zero-order valence-corrected chi connectivity index (χ0v) is 11.7. The average Bonchev–Trinajstić information content (AvgIpc) is 2.69. The lowest BCUT2D eigenvalue weighted by molar-refractivity contribution is -0.116. The molecule has 0 aliphatic carbocycles. The van der Waals surface area contributed by atoms with Gasteiger partial charge < -0.3 is 11.1 Å². The first-order chi connectivity index (χ1) is 9.35. The number of nitrogens with two attached hydrogens (primary N) is 1. The number of sulfone groups is 1. The van der Waals surface area contributed by atoms with Crippen molar-refractivity contribution in [3.8, 4) is 0 Å². The molecule has 0 spiro atoms. The minimum atomic E-state index is -2.96. The van der Waals surface area contributed by atoms with Gasteiger partial charge in [0.05, 0.1) is 11.5 Å². The lowest BCUT2D eigenvalue weighted by atomic mass is 10.0. The first kappa shape index (κ1) is 14.5. The number of rotatable bonds is 4. The molecule has 1 heterocycles. The molecule has 2 amide bonds. The molecule has 1 aliphatic heterocycles. The molecule has 20 heavy (non-hydrogen) atoms. The Morgan fingerprint density at radius 1 is 1.25 bits per heavy atom. The number of nitrogens with one attached hydrogen (secondary N) is 1. The van der Waals surface area contributed by atoms with Gasteiger partial charge in [0.25, 0.3) is 0 Å². The highest BCUT2D eigenvalue weighted by Gasteiger charge is 2.29. The molecule has 108 valence electrons. The quantitative estimate of drug-likeness (QED) is 0.846. The molecule has 1 aromatic carbocycles. The van der Waals surface area contributed by atoms with Crippen LogP contribution in [0, 0.1) is 5.92 Å². The van der Waals surface area contributed by atoms with Crippen molar-refractivity contribution in [2.75, 3.05) is 16.8 Å². The second-order valence-electron chi connectivity index (χ2n) is 4.96. The van der Waals surface area contributed by atoms with Crippen LogP contribution in [0.25, 0.3) is 0 Å². The summed E-state index contributed by atoms with van der Waals surface area (Å²) in [6.07, 6.45) is 0.729. The Bertz CT molecular complexity index is 622. The van der Waals surface area contributed by atoms with E-state index in [1.165, 1.54) is 12.1 Å². The predicted octanol–water partition coefficient (Wildman–Crippen LogP) is 0.549. The summed E-state index contributed by atoms with van der Waals surface area (Å²) in [5.41, 5.74) is 6.04. The molecule has 7 heteroatoms. The fourth-order valence-corrected chi connectivity index (χ4v) is 4.09. The van der Waals surface area contributed by atoms with Gasteiger partial charge in [0.2, 0.25) is 11.8 Å². The van der Waals surface area contributed by atoms with Crippen LogP contribution in [-0.2, 0) is 14.6 Å². The molecule has 0 bridgehead atoms. The number of benzene rings is 1. The number of carbonyl (C=O) groups excluding carboxylic acids is 2. The molecule has 6 nitrogen and oxygen atoms in total. The van der Waals surface area contributed by atoms with E-state index in [2.05, 4.69) is 5.32 Å². The molecule has 1 saturated heterocycles. The van der Waals surface area contributed by atoms with Gasteiger partial charge in [0.15, 0.2) is 9.84 Å². The lowest BCUT2D eigenvalue weighted by Gasteiger charge is -2.09.